The van der Waals surface area contributed by atoms with Gasteiger partial charge in [-0.1, -0.05) is 0 Å². The molecule has 0 bridgehead atoms. The van der Waals surface area contributed by atoms with Crippen LogP contribution in [0.4, 0.5) is 5.69 Å². The second-order valence-corrected chi connectivity index (χ2v) is 5.02. The maximum atomic E-state index is 12.0. The lowest BCUT2D eigenvalue weighted by molar-refractivity contribution is -0.384. The maximum Gasteiger partial charge on any atom is 0.270 e. The number of aromatic hydroxyl groups is 1. The van der Waals surface area contributed by atoms with Gasteiger partial charge < -0.3 is 15.2 Å². The Kier molecular flexibility index (Phi) is 5.28. The third-order valence-corrected chi connectivity index (χ3v) is 3.40. The monoisotopic (exact) mass is 317 g/mol. The van der Waals surface area contributed by atoms with E-state index < -0.39 is 10.8 Å². The molecule has 8 heteroatoms. The van der Waals surface area contributed by atoms with Crippen molar-refractivity contribution in [3.05, 3.63) is 39.4 Å². The summed E-state index contributed by atoms with van der Waals surface area (Å²) in [5, 5.41) is 32.1. The second kappa shape index (κ2) is 7.38. The number of phenols is 1. The summed E-state index contributed by atoms with van der Waals surface area (Å²) in [7, 11) is 0. The number of phenolic OH excluding ortho intramolecular Hbond substituents is 1. The second-order valence-electron chi connectivity index (χ2n) is 5.02. The van der Waals surface area contributed by atoms with Crippen LogP contribution in [0.5, 0.6) is 5.75 Å². The van der Waals surface area contributed by atoms with Gasteiger partial charge in [-0.3, -0.25) is 14.9 Å². The Bertz CT molecular complexity index is 687. The lowest BCUT2D eigenvalue weighted by atomic mass is 10.1. The number of non-ortho nitro benzene ring substituents is 1. The first-order valence-electron chi connectivity index (χ1n) is 7.00. The number of carbonyl (C=O) groups excluding carboxylic acids is 1. The highest BCUT2D eigenvalue weighted by atomic mass is 16.6. The fraction of sp³-hybridized carbons (Fsp3) is 0.333. The minimum Gasteiger partial charge on any atom is -0.507 e. The molecule has 1 saturated heterocycles. The van der Waals surface area contributed by atoms with E-state index in [0.29, 0.717) is 13.2 Å². The molecule has 0 aliphatic carbocycles. The molecule has 1 heterocycles. The number of hydrogen-bond donors (Lipinski definition) is 2. The first-order chi connectivity index (χ1) is 11.0. The molecule has 1 fully saturated rings. The summed E-state index contributed by atoms with van der Waals surface area (Å²) in [5.74, 6) is -0.871. The molecule has 0 spiro atoms. The van der Waals surface area contributed by atoms with Crippen LogP contribution in [0.25, 0.3) is 6.08 Å². The maximum absolute atomic E-state index is 12.0. The molecular weight excluding hydrogens is 302 g/mol. The van der Waals surface area contributed by atoms with Gasteiger partial charge in [0.2, 0.25) is 0 Å². The zero-order valence-corrected chi connectivity index (χ0v) is 12.2. The minimum absolute atomic E-state index is 0.0306. The number of nitro benzene ring substituents is 1. The largest absolute Gasteiger partial charge is 0.507 e. The van der Waals surface area contributed by atoms with Gasteiger partial charge in [-0.25, -0.2) is 0 Å². The molecule has 1 amide bonds. The molecule has 1 aliphatic rings. The van der Waals surface area contributed by atoms with E-state index in [1.165, 1.54) is 0 Å². The average molecular weight is 317 g/mol. The van der Waals surface area contributed by atoms with E-state index in [-0.39, 0.29) is 28.7 Å². The molecule has 1 atom stereocenters. The summed E-state index contributed by atoms with van der Waals surface area (Å²) < 4.78 is 5.36. The Hall–Kier alpha value is -2.92. The average Bonchev–Trinajstić information content (AvgIpc) is 3.05. The van der Waals surface area contributed by atoms with E-state index in [1.54, 1.807) is 6.07 Å². The lowest BCUT2D eigenvalue weighted by Gasteiger charge is -2.10. The van der Waals surface area contributed by atoms with Crippen LogP contribution in [0, 0.1) is 21.4 Å². The van der Waals surface area contributed by atoms with Crippen molar-refractivity contribution in [2.45, 2.75) is 18.9 Å². The van der Waals surface area contributed by atoms with Crippen molar-refractivity contribution in [2.24, 2.45) is 0 Å². The smallest absolute Gasteiger partial charge is 0.270 e. The number of nitro groups is 1. The number of ether oxygens (including phenoxy) is 1. The number of hydrogen-bond acceptors (Lipinski definition) is 6. The van der Waals surface area contributed by atoms with E-state index in [0.717, 1.165) is 37.1 Å². The molecule has 2 rings (SSSR count). The predicted molar refractivity (Wildman–Crippen MR) is 80.3 cm³/mol. The summed E-state index contributed by atoms with van der Waals surface area (Å²) >= 11 is 0. The molecule has 23 heavy (non-hydrogen) atoms. The minimum atomic E-state index is -0.625. The van der Waals surface area contributed by atoms with Crippen LogP contribution < -0.4 is 5.32 Å². The highest BCUT2D eigenvalue weighted by Gasteiger charge is 2.18. The van der Waals surface area contributed by atoms with Crippen LogP contribution in [0.3, 0.4) is 0 Å². The van der Waals surface area contributed by atoms with Gasteiger partial charge in [-0.05, 0) is 25.0 Å². The highest BCUT2D eigenvalue weighted by Crippen LogP contribution is 2.25. The number of amides is 1. The van der Waals surface area contributed by atoms with E-state index >= 15 is 0 Å². The van der Waals surface area contributed by atoms with Gasteiger partial charge in [-0.2, -0.15) is 5.26 Å². The van der Waals surface area contributed by atoms with Gasteiger partial charge in [0.1, 0.15) is 17.4 Å². The number of nitrogens with one attached hydrogen (secondary N) is 1. The lowest BCUT2D eigenvalue weighted by Crippen LogP contribution is -2.32. The first-order valence-corrected chi connectivity index (χ1v) is 7.00. The number of rotatable bonds is 5. The summed E-state index contributed by atoms with van der Waals surface area (Å²) in [5.41, 5.74) is -0.465. The Morgan fingerprint density at radius 1 is 1.61 bits per heavy atom. The molecule has 1 aliphatic heterocycles. The normalized spacial score (nSPS) is 17.5. The summed E-state index contributed by atoms with van der Waals surface area (Å²) in [4.78, 5) is 22.1. The quantitative estimate of drug-likeness (QED) is 0.367. The Balaban J connectivity index is 2.14. The fourth-order valence-electron chi connectivity index (χ4n) is 2.18. The van der Waals surface area contributed by atoms with E-state index in [9.17, 15) is 20.0 Å². The van der Waals surface area contributed by atoms with Crippen molar-refractivity contribution in [3.63, 3.8) is 0 Å². The number of nitrogens with zero attached hydrogens (tertiary/aromatic N) is 2. The molecule has 1 aromatic carbocycles. The van der Waals surface area contributed by atoms with Gasteiger partial charge in [0.25, 0.3) is 11.6 Å². The number of carbonyl (C=O) groups is 1. The van der Waals surface area contributed by atoms with Gasteiger partial charge in [-0.15, -0.1) is 0 Å². The van der Waals surface area contributed by atoms with E-state index in [4.69, 9.17) is 10.00 Å². The van der Waals surface area contributed by atoms with Crippen molar-refractivity contribution < 1.29 is 19.6 Å². The Labute approximate surface area is 132 Å². The van der Waals surface area contributed by atoms with Crippen LogP contribution in [-0.4, -0.2) is 35.2 Å². The van der Waals surface area contributed by atoms with E-state index in [2.05, 4.69) is 5.32 Å². The van der Waals surface area contributed by atoms with Crippen LogP contribution in [0.15, 0.2) is 23.8 Å². The van der Waals surface area contributed by atoms with Crippen molar-refractivity contribution in [1.29, 1.82) is 5.26 Å². The third-order valence-electron chi connectivity index (χ3n) is 3.40. The highest BCUT2D eigenvalue weighted by molar-refractivity contribution is 6.02. The van der Waals surface area contributed by atoms with Gasteiger partial charge in [0.15, 0.2) is 0 Å². The van der Waals surface area contributed by atoms with E-state index in [1.807, 2.05) is 0 Å². The van der Waals surface area contributed by atoms with Crippen LogP contribution in [0.1, 0.15) is 18.4 Å². The molecule has 2 N–H and O–H groups in total. The first kappa shape index (κ1) is 16.5. The molecule has 0 aromatic heterocycles. The SMILES string of the molecule is N#C/C(=C/c1cc([N+](=O)[O-])ccc1O)C(=O)NCC1CCCO1. The van der Waals surface area contributed by atoms with Crippen molar-refractivity contribution in [2.75, 3.05) is 13.2 Å². The zero-order valence-electron chi connectivity index (χ0n) is 12.2. The van der Waals surface area contributed by atoms with Crippen molar-refractivity contribution >= 4 is 17.7 Å². The summed E-state index contributed by atoms with van der Waals surface area (Å²) in [6.07, 6.45) is 2.83. The van der Waals surface area contributed by atoms with Crippen LogP contribution >= 0.6 is 0 Å². The number of nitriles is 1. The molecule has 0 radical (unpaired) electrons. The van der Waals surface area contributed by atoms with Crippen molar-refractivity contribution in [3.8, 4) is 11.8 Å². The molecule has 120 valence electrons. The van der Waals surface area contributed by atoms with Gasteiger partial charge >= 0.3 is 0 Å². The third kappa shape index (κ3) is 4.28. The fourth-order valence-corrected chi connectivity index (χ4v) is 2.18. The standard InChI is InChI=1S/C15H15N3O5/c16-8-11(15(20)17-9-13-2-1-5-23-13)6-10-7-12(18(21)22)3-4-14(10)19/h3-4,6-7,13,19H,1-2,5,9H2,(H,17,20)/b11-6-. The molecule has 8 nitrogen and oxygen atoms in total. The summed E-state index contributed by atoms with van der Waals surface area (Å²) in [6.45, 7) is 0.946. The van der Waals surface area contributed by atoms with Crippen LogP contribution in [0.2, 0.25) is 0 Å². The van der Waals surface area contributed by atoms with Crippen molar-refractivity contribution in [1.82, 2.24) is 5.32 Å². The van der Waals surface area contributed by atoms with Gasteiger partial charge in [0.05, 0.1) is 11.0 Å². The molecule has 1 aromatic rings. The Morgan fingerprint density at radius 3 is 3.00 bits per heavy atom. The van der Waals surface area contributed by atoms with Gasteiger partial charge in [0, 0.05) is 30.8 Å². The molecule has 1 unspecified atom stereocenters. The topological polar surface area (TPSA) is 125 Å². The summed E-state index contributed by atoms with van der Waals surface area (Å²) in [6, 6.07) is 5.10. The molecule has 0 saturated carbocycles. The Morgan fingerprint density at radius 2 is 2.39 bits per heavy atom. The molecular formula is C15H15N3O5. The van der Waals surface area contributed by atoms with Crippen LogP contribution in [-0.2, 0) is 9.53 Å². The predicted octanol–water partition coefficient (Wildman–Crippen LogP) is 1.50. The zero-order chi connectivity index (χ0) is 16.8. The number of benzene rings is 1.